The third kappa shape index (κ3) is 3.19. The van der Waals surface area contributed by atoms with Crippen LogP contribution in [0.15, 0.2) is 42.5 Å². The maximum absolute atomic E-state index is 13.6. The van der Waals surface area contributed by atoms with Gasteiger partial charge in [-0.05, 0) is 41.2 Å². The van der Waals surface area contributed by atoms with Crippen LogP contribution in [0.25, 0.3) is 11.1 Å². The minimum Gasteiger partial charge on any atom is -0.491 e. The van der Waals surface area contributed by atoms with Crippen LogP contribution in [0.4, 0.5) is 4.39 Å². The van der Waals surface area contributed by atoms with Crippen LogP contribution in [0.1, 0.15) is 33.3 Å². The molecule has 0 atom stereocenters. The van der Waals surface area contributed by atoms with Crippen LogP contribution in [0.5, 0.6) is 5.75 Å². The lowest BCUT2D eigenvalue weighted by Gasteiger charge is -2.19. The molecule has 0 N–H and O–H groups in total. The van der Waals surface area contributed by atoms with E-state index in [9.17, 15) is 4.39 Å². The summed E-state index contributed by atoms with van der Waals surface area (Å²) >= 11 is 0. The van der Waals surface area contributed by atoms with Gasteiger partial charge in [-0.3, -0.25) is 0 Å². The summed E-state index contributed by atoms with van der Waals surface area (Å²) in [4.78, 5) is 0. The van der Waals surface area contributed by atoms with Crippen LogP contribution in [-0.2, 0) is 5.41 Å². The van der Waals surface area contributed by atoms with Gasteiger partial charge in [-0.25, -0.2) is 4.39 Å². The molecule has 0 spiro atoms. The fourth-order valence-corrected chi connectivity index (χ4v) is 2.11. The second kappa shape index (κ2) is 5.66. The summed E-state index contributed by atoms with van der Waals surface area (Å²) in [6.45, 7) is 8.88. The number of ether oxygens (including phenoxy) is 1. The SMILES string of the molecule is CCOc1cc(-c2ccc(C(C)(C)C)cc2)ccc1F. The van der Waals surface area contributed by atoms with Crippen LogP contribution in [-0.4, -0.2) is 6.61 Å². The summed E-state index contributed by atoms with van der Waals surface area (Å²) in [5, 5.41) is 0. The lowest BCUT2D eigenvalue weighted by atomic mass is 9.86. The van der Waals surface area contributed by atoms with E-state index in [-0.39, 0.29) is 11.2 Å². The highest BCUT2D eigenvalue weighted by molar-refractivity contribution is 5.65. The zero-order valence-electron chi connectivity index (χ0n) is 12.5. The third-order valence-corrected chi connectivity index (χ3v) is 3.32. The van der Waals surface area contributed by atoms with Gasteiger partial charge in [0.1, 0.15) is 0 Å². The van der Waals surface area contributed by atoms with E-state index in [0.29, 0.717) is 12.4 Å². The van der Waals surface area contributed by atoms with Crippen molar-refractivity contribution in [2.75, 3.05) is 6.61 Å². The minimum absolute atomic E-state index is 0.137. The summed E-state index contributed by atoms with van der Waals surface area (Å²) in [5.41, 5.74) is 3.46. The first-order chi connectivity index (χ1) is 9.41. The van der Waals surface area contributed by atoms with Crippen molar-refractivity contribution in [3.8, 4) is 16.9 Å². The topological polar surface area (TPSA) is 9.23 Å². The summed E-state index contributed by atoms with van der Waals surface area (Å²) in [6.07, 6.45) is 0. The van der Waals surface area contributed by atoms with E-state index >= 15 is 0 Å². The predicted octanol–water partition coefficient (Wildman–Crippen LogP) is 5.19. The zero-order valence-corrected chi connectivity index (χ0v) is 12.5. The highest BCUT2D eigenvalue weighted by atomic mass is 19.1. The maximum Gasteiger partial charge on any atom is 0.165 e. The van der Waals surface area contributed by atoms with E-state index in [0.717, 1.165) is 11.1 Å². The van der Waals surface area contributed by atoms with Crippen molar-refractivity contribution in [2.45, 2.75) is 33.1 Å². The van der Waals surface area contributed by atoms with Gasteiger partial charge < -0.3 is 4.74 Å². The Morgan fingerprint density at radius 3 is 2.10 bits per heavy atom. The molecule has 0 fully saturated rings. The Labute approximate surface area is 120 Å². The van der Waals surface area contributed by atoms with E-state index < -0.39 is 0 Å². The molecule has 2 rings (SSSR count). The van der Waals surface area contributed by atoms with Crippen molar-refractivity contribution in [1.82, 2.24) is 0 Å². The Morgan fingerprint density at radius 1 is 0.950 bits per heavy atom. The molecule has 1 nitrogen and oxygen atoms in total. The Kier molecular flexibility index (Phi) is 4.12. The molecule has 0 heterocycles. The normalized spacial score (nSPS) is 11.4. The van der Waals surface area contributed by atoms with Gasteiger partial charge in [0.15, 0.2) is 11.6 Å². The van der Waals surface area contributed by atoms with Crippen molar-refractivity contribution in [3.63, 3.8) is 0 Å². The molecule has 2 aromatic carbocycles. The summed E-state index contributed by atoms with van der Waals surface area (Å²) < 4.78 is 18.9. The lowest BCUT2D eigenvalue weighted by molar-refractivity contribution is 0.322. The van der Waals surface area contributed by atoms with E-state index in [4.69, 9.17) is 4.74 Å². The summed E-state index contributed by atoms with van der Waals surface area (Å²) in [7, 11) is 0. The maximum atomic E-state index is 13.6. The van der Waals surface area contributed by atoms with Crippen molar-refractivity contribution in [1.29, 1.82) is 0 Å². The third-order valence-electron chi connectivity index (χ3n) is 3.32. The average Bonchev–Trinajstić information content (AvgIpc) is 2.41. The molecule has 0 amide bonds. The van der Waals surface area contributed by atoms with Crippen LogP contribution in [0.3, 0.4) is 0 Å². The molecular weight excluding hydrogens is 251 g/mol. The van der Waals surface area contributed by atoms with E-state index in [2.05, 4.69) is 45.0 Å². The van der Waals surface area contributed by atoms with Crippen molar-refractivity contribution >= 4 is 0 Å². The quantitative estimate of drug-likeness (QED) is 0.747. The standard InChI is InChI=1S/C18H21FO/c1-5-20-17-12-14(8-11-16(17)19)13-6-9-15(10-7-13)18(2,3)4/h6-12H,5H2,1-4H3. The molecule has 0 aliphatic heterocycles. The Morgan fingerprint density at radius 2 is 1.55 bits per heavy atom. The number of rotatable bonds is 3. The molecular formula is C18H21FO. The molecule has 20 heavy (non-hydrogen) atoms. The van der Waals surface area contributed by atoms with Gasteiger partial charge in [0.05, 0.1) is 6.61 Å². The smallest absolute Gasteiger partial charge is 0.165 e. The van der Waals surface area contributed by atoms with E-state index in [1.54, 1.807) is 12.1 Å². The fourth-order valence-electron chi connectivity index (χ4n) is 2.11. The average molecular weight is 272 g/mol. The molecule has 0 aromatic heterocycles. The van der Waals surface area contributed by atoms with Crippen LogP contribution < -0.4 is 4.74 Å². The van der Waals surface area contributed by atoms with Gasteiger partial charge >= 0.3 is 0 Å². The van der Waals surface area contributed by atoms with Gasteiger partial charge in [0.25, 0.3) is 0 Å². The Bertz CT molecular complexity index is 579. The summed E-state index contributed by atoms with van der Waals surface area (Å²) in [6, 6.07) is 13.4. The molecule has 0 radical (unpaired) electrons. The molecule has 2 heteroatoms. The van der Waals surface area contributed by atoms with Gasteiger partial charge in [-0.1, -0.05) is 51.1 Å². The van der Waals surface area contributed by atoms with Gasteiger partial charge in [-0.2, -0.15) is 0 Å². The monoisotopic (exact) mass is 272 g/mol. The molecule has 0 bridgehead atoms. The molecule has 0 aliphatic carbocycles. The first-order valence-corrected chi connectivity index (χ1v) is 6.95. The minimum atomic E-state index is -0.318. The van der Waals surface area contributed by atoms with Crippen molar-refractivity contribution in [2.24, 2.45) is 0 Å². The number of hydrogen-bond donors (Lipinski definition) is 0. The molecule has 0 saturated carbocycles. The molecule has 0 unspecified atom stereocenters. The highest BCUT2D eigenvalue weighted by Gasteiger charge is 2.13. The van der Waals surface area contributed by atoms with Gasteiger partial charge in [0, 0.05) is 0 Å². The van der Waals surface area contributed by atoms with Gasteiger partial charge in [-0.15, -0.1) is 0 Å². The second-order valence-corrected chi connectivity index (χ2v) is 5.91. The largest absolute Gasteiger partial charge is 0.491 e. The van der Waals surface area contributed by atoms with Crippen LogP contribution in [0, 0.1) is 5.82 Å². The Hall–Kier alpha value is -1.83. The molecule has 0 saturated heterocycles. The number of hydrogen-bond acceptors (Lipinski definition) is 1. The van der Waals surface area contributed by atoms with Crippen molar-refractivity contribution < 1.29 is 9.13 Å². The van der Waals surface area contributed by atoms with E-state index in [1.165, 1.54) is 11.6 Å². The van der Waals surface area contributed by atoms with E-state index in [1.807, 2.05) is 6.92 Å². The fraction of sp³-hybridized carbons (Fsp3) is 0.333. The zero-order chi connectivity index (χ0) is 14.8. The van der Waals surface area contributed by atoms with Crippen molar-refractivity contribution in [3.05, 3.63) is 53.8 Å². The predicted molar refractivity (Wildman–Crippen MR) is 81.7 cm³/mol. The second-order valence-electron chi connectivity index (χ2n) is 5.91. The molecule has 0 aliphatic rings. The lowest BCUT2D eigenvalue weighted by Crippen LogP contribution is -2.10. The molecule has 106 valence electrons. The molecule has 2 aromatic rings. The van der Waals surface area contributed by atoms with Gasteiger partial charge in [0.2, 0.25) is 0 Å². The first-order valence-electron chi connectivity index (χ1n) is 6.95. The number of halogens is 1. The number of benzene rings is 2. The van der Waals surface area contributed by atoms with Crippen LogP contribution in [0.2, 0.25) is 0 Å². The highest BCUT2D eigenvalue weighted by Crippen LogP contribution is 2.29. The Balaban J connectivity index is 2.34. The van der Waals surface area contributed by atoms with Crippen LogP contribution >= 0.6 is 0 Å². The first kappa shape index (κ1) is 14.6. The summed E-state index contributed by atoms with van der Waals surface area (Å²) in [5.74, 6) is -0.00758.